The average molecular weight is 587 g/mol. The number of likely N-dealkylation sites (tertiary alicyclic amines) is 1. The molecule has 2 saturated carbocycles. The standard InChI is InChI=1S/C26H30N6O6S2/c27-26-28-17(12-40-26)18(30-38-16-3-1-2-4-16)21(33)29-19-23(35)32-20(25(36)37)15(11-39-24(19)32)9-14-7-8-31(22(14)34)10-13-5-6-13/h9,12-13,16,19,24H,1-8,10-11H2,(H2,27,28)(H,29,33)(H,36,37)/b14-9+,30-18-/t19-,24-/m1/s1. The number of allylic oxidation sites excluding steroid dienone is 1. The lowest BCUT2D eigenvalue weighted by Crippen LogP contribution is -2.71. The number of thioether (sulfide) groups is 1. The van der Waals surface area contributed by atoms with Crippen LogP contribution in [0.25, 0.3) is 0 Å². The number of nitrogens with two attached hydrogens (primary N) is 1. The number of hydrogen-bond acceptors (Lipinski definition) is 10. The molecule has 0 bridgehead atoms. The third kappa shape index (κ3) is 5.21. The molecule has 40 heavy (non-hydrogen) atoms. The lowest BCUT2D eigenvalue weighted by Gasteiger charge is -2.49. The van der Waals surface area contributed by atoms with Gasteiger partial charge >= 0.3 is 5.97 Å². The summed E-state index contributed by atoms with van der Waals surface area (Å²) in [6.45, 7) is 1.37. The van der Waals surface area contributed by atoms with Gasteiger partial charge in [-0.3, -0.25) is 19.3 Å². The fourth-order valence-corrected chi connectivity index (χ4v) is 7.34. The van der Waals surface area contributed by atoms with Crippen LogP contribution in [-0.4, -0.2) is 85.7 Å². The number of carbonyl (C=O) groups is 4. The summed E-state index contributed by atoms with van der Waals surface area (Å²) in [5.41, 5.74) is 6.77. The summed E-state index contributed by atoms with van der Waals surface area (Å²) in [6.07, 6.45) is 8.14. The van der Waals surface area contributed by atoms with Crippen LogP contribution in [-0.2, 0) is 24.0 Å². The van der Waals surface area contributed by atoms with Crippen LogP contribution in [0.4, 0.5) is 5.13 Å². The highest BCUT2D eigenvalue weighted by Crippen LogP contribution is 2.41. The SMILES string of the molecule is Nc1nc(/C(=N/OC2CCCC2)C(=O)N[C@@H]2C(=O)N3C(C(=O)O)=C(/C=C4\CCN(CC5CC5)C4=O)CS[C@H]23)cs1. The van der Waals surface area contributed by atoms with Crippen LogP contribution < -0.4 is 11.1 Å². The number of carboxylic acids is 1. The zero-order valence-corrected chi connectivity index (χ0v) is 23.3. The lowest BCUT2D eigenvalue weighted by atomic mass is 10.0. The van der Waals surface area contributed by atoms with Gasteiger partial charge in [-0.05, 0) is 62.5 Å². The van der Waals surface area contributed by atoms with Crippen LogP contribution >= 0.6 is 23.1 Å². The molecule has 2 aliphatic carbocycles. The Morgan fingerprint density at radius 3 is 2.70 bits per heavy atom. The number of nitrogens with one attached hydrogen (secondary N) is 1. The van der Waals surface area contributed by atoms with E-state index in [4.69, 9.17) is 10.6 Å². The summed E-state index contributed by atoms with van der Waals surface area (Å²) in [6, 6.07) is -0.948. The first-order valence-corrected chi connectivity index (χ1v) is 15.4. The molecule has 1 aromatic heterocycles. The number of β-lactam (4-membered cyclic amide) rings is 1. The highest BCUT2D eigenvalue weighted by Gasteiger charge is 2.54. The van der Waals surface area contributed by atoms with Gasteiger partial charge in [0.15, 0.2) is 10.8 Å². The maximum absolute atomic E-state index is 13.3. The smallest absolute Gasteiger partial charge is 0.352 e. The van der Waals surface area contributed by atoms with E-state index in [-0.39, 0.29) is 40.0 Å². The van der Waals surface area contributed by atoms with Gasteiger partial charge < -0.3 is 25.9 Å². The predicted octanol–water partition coefficient (Wildman–Crippen LogP) is 1.70. The van der Waals surface area contributed by atoms with Gasteiger partial charge in [0.2, 0.25) is 5.91 Å². The highest BCUT2D eigenvalue weighted by molar-refractivity contribution is 8.00. The lowest BCUT2D eigenvalue weighted by molar-refractivity contribution is -0.150. The maximum Gasteiger partial charge on any atom is 0.352 e. The molecule has 12 nitrogen and oxygen atoms in total. The number of nitrogen functional groups attached to an aromatic ring is 1. The molecule has 6 rings (SSSR count). The molecular weight excluding hydrogens is 556 g/mol. The van der Waals surface area contributed by atoms with Crippen LogP contribution in [0, 0.1) is 5.92 Å². The molecule has 3 aliphatic heterocycles. The molecule has 0 radical (unpaired) electrons. The van der Waals surface area contributed by atoms with Gasteiger partial charge in [0.25, 0.3) is 11.8 Å². The van der Waals surface area contributed by atoms with Crippen LogP contribution in [0.2, 0.25) is 0 Å². The Balaban J connectivity index is 1.18. The number of carbonyl (C=O) groups excluding carboxylic acids is 3. The van der Waals surface area contributed by atoms with Gasteiger partial charge in [-0.2, -0.15) is 0 Å². The normalized spacial score (nSPS) is 26.4. The molecular formula is C26H30N6O6S2. The summed E-state index contributed by atoms with van der Waals surface area (Å²) < 4.78 is 0. The quantitative estimate of drug-likeness (QED) is 0.169. The van der Waals surface area contributed by atoms with E-state index in [1.807, 2.05) is 4.90 Å². The van der Waals surface area contributed by atoms with E-state index >= 15 is 0 Å². The Labute approximate surface area is 238 Å². The van der Waals surface area contributed by atoms with E-state index in [1.54, 1.807) is 11.5 Å². The Kier molecular flexibility index (Phi) is 7.29. The zero-order chi connectivity index (χ0) is 28.0. The van der Waals surface area contributed by atoms with E-state index in [0.29, 0.717) is 30.0 Å². The molecule has 2 saturated heterocycles. The molecule has 0 unspecified atom stereocenters. The van der Waals surface area contributed by atoms with Crippen molar-refractivity contribution < 1.29 is 29.1 Å². The average Bonchev–Trinajstić information content (AvgIpc) is 3.24. The third-order valence-electron chi connectivity index (χ3n) is 7.80. The number of oxime groups is 1. The number of nitrogens with zero attached hydrogens (tertiary/aromatic N) is 4. The molecule has 4 N–H and O–H groups in total. The van der Waals surface area contributed by atoms with Gasteiger partial charge in [0.1, 0.15) is 28.9 Å². The second-order valence-corrected chi connectivity index (χ2v) is 12.7. The van der Waals surface area contributed by atoms with Crippen LogP contribution in [0.1, 0.15) is 50.6 Å². The van der Waals surface area contributed by atoms with Crippen molar-refractivity contribution >= 4 is 57.6 Å². The van der Waals surface area contributed by atoms with E-state index < -0.39 is 29.2 Å². The van der Waals surface area contributed by atoms with Crippen molar-refractivity contribution in [3.8, 4) is 0 Å². The molecule has 2 atom stereocenters. The number of thiazole rings is 1. The second-order valence-electron chi connectivity index (χ2n) is 10.7. The number of anilines is 1. The van der Waals surface area contributed by atoms with Crippen molar-refractivity contribution in [3.63, 3.8) is 0 Å². The highest BCUT2D eigenvalue weighted by atomic mass is 32.2. The Bertz CT molecular complexity index is 1340. The fourth-order valence-electron chi connectivity index (χ4n) is 5.48. The number of rotatable bonds is 9. The molecule has 1 aromatic rings. The Hall–Kier alpha value is -3.39. The fraction of sp³-hybridized carbons (Fsp3) is 0.538. The molecule has 4 fully saturated rings. The van der Waals surface area contributed by atoms with Crippen molar-refractivity contribution in [1.82, 2.24) is 20.1 Å². The summed E-state index contributed by atoms with van der Waals surface area (Å²) in [4.78, 5) is 64.4. The van der Waals surface area contributed by atoms with Crippen LogP contribution in [0.5, 0.6) is 0 Å². The first-order valence-electron chi connectivity index (χ1n) is 13.5. The predicted molar refractivity (Wildman–Crippen MR) is 148 cm³/mol. The molecule has 3 amide bonds. The Morgan fingerprint density at radius 2 is 2.02 bits per heavy atom. The number of amides is 3. The van der Waals surface area contributed by atoms with Crippen molar-refractivity contribution in [2.75, 3.05) is 24.6 Å². The molecule has 0 aromatic carbocycles. The summed E-state index contributed by atoms with van der Waals surface area (Å²) in [5.74, 6) is -1.65. The van der Waals surface area contributed by atoms with E-state index in [0.717, 1.165) is 56.4 Å². The first-order chi connectivity index (χ1) is 19.3. The second kappa shape index (κ2) is 10.9. The largest absolute Gasteiger partial charge is 0.477 e. The zero-order valence-electron chi connectivity index (χ0n) is 21.7. The minimum atomic E-state index is -1.25. The minimum Gasteiger partial charge on any atom is -0.477 e. The van der Waals surface area contributed by atoms with Gasteiger partial charge in [-0.15, -0.1) is 23.1 Å². The molecule has 0 spiro atoms. The summed E-state index contributed by atoms with van der Waals surface area (Å²) in [7, 11) is 0. The van der Waals surface area contributed by atoms with Gasteiger partial charge in [-0.1, -0.05) is 5.16 Å². The first kappa shape index (κ1) is 26.8. The molecule has 5 aliphatic rings. The molecule has 14 heteroatoms. The van der Waals surface area contributed by atoms with Crippen LogP contribution in [0.3, 0.4) is 0 Å². The number of hydrogen-bond donors (Lipinski definition) is 3. The van der Waals surface area contributed by atoms with Crippen molar-refractivity contribution in [2.45, 2.75) is 62.5 Å². The van der Waals surface area contributed by atoms with Gasteiger partial charge in [0.05, 0.1) is 0 Å². The number of aliphatic carboxylic acids is 1. The number of fused-ring (bicyclic) bond motifs is 1. The molecule has 212 valence electrons. The van der Waals surface area contributed by atoms with Crippen LogP contribution in [0.15, 0.2) is 33.5 Å². The summed E-state index contributed by atoms with van der Waals surface area (Å²) in [5, 5.41) is 18.1. The van der Waals surface area contributed by atoms with E-state index in [2.05, 4.69) is 15.5 Å². The Morgan fingerprint density at radius 1 is 1.25 bits per heavy atom. The monoisotopic (exact) mass is 586 g/mol. The summed E-state index contributed by atoms with van der Waals surface area (Å²) >= 11 is 2.50. The maximum atomic E-state index is 13.3. The molecule has 4 heterocycles. The van der Waals surface area contributed by atoms with Crippen molar-refractivity contribution in [1.29, 1.82) is 0 Å². The topological polar surface area (TPSA) is 168 Å². The van der Waals surface area contributed by atoms with E-state index in [1.165, 1.54) is 16.7 Å². The van der Waals surface area contributed by atoms with Crippen molar-refractivity contribution in [2.24, 2.45) is 11.1 Å². The minimum absolute atomic E-state index is 0.0642. The van der Waals surface area contributed by atoms with E-state index in [9.17, 15) is 24.3 Å². The third-order valence-corrected chi connectivity index (χ3v) is 9.77. The van der Waals surface area contributed by atoms with Gasteiger partial charge in [0, 0.05) is 29.8 Å². The van der Waals surface area contributed by atoms with Crippen molar-refractivity contribution in [3.05, 3.63) is 34.0 Å². The number of carboxylic acid groups (broad SMARTS) is 1. The number of aromatic nitrogens is 1. The van der Waals surface area contributed by atoms with Gasteiger partial charge in [-0.25, -0.2) is 9.78 Å².